The SMILES string of the molecule is O=C(NCCCc1cc2ccccc2o1)NCCOc1ccccc1. The lowest BCUT2D eigenvalue weighted by Crippen LogP contribution is -2.38. The molecule has 0 saturated carbocycles. The van der Waals surface area contributed by atoms with E-state index in [4.69, 9.17) is 9.15 Å². The van der Waals surface area contributed by atoms with E-state index >= 15 is 0 Å². The van der Waals surface area contributed by atoms with Crippen LogP contribution in [0.2, 0.25) is 0 Å². The summed E-state index contributed by atoms with van der Waals surface area (Å²) in [7, 11) is 0. The zero-order valence-electron chi connectivity index (χ0n) is 14.0. The first kappa shape index (κ1) is 16.9. The number of amides is 2. The third-order valence-electron chi connectivity index (χ3n) is 3.76. The van der Waals surface area contributed by atoms with Crippen molar-refractivity contribution in [2.45, 2.75) is 12.8 Å². The van der Waals surface area contributed by atoms with Crippen molar-refractivity contribution in [3.63, 3.8) is 0 Å². The van der Waals surface area contributed by atoms with E-state index in [9.17, 15) is 4.79 Å². The predicted octanol–water partition coefficient (Wildman–Crippen LogP) is 3.74. The Morgan fingerprint density at radius 3 is 2.56 bits per heavy atom. The molecule has 5 nitrogen and oxygen atoms in total. The minimum absolute atomic E-state index is 0.179. The number of carbonyl (C=O) groups is 1. The van der Waals surface area contributed by atoms with E-state index < -0.39 is 0 Å². The van der Waals surface area contributed by atoms with Crippen molar-refractivity contribution in [3.8, 4) is 5.75 Å². The second kappa shape index (κ2) is 8.78. The highest BCUT2D eigenvalue weighted by molar-refractivity contribution is 5.77. The van der Waals surface area contributed by atoms with Gasteiger partial charge in [-0.3, -0.25) is 0 Å². The van der Waals surface area contributed by atoms with E-state index in [-0.39, 0.29) is 6.03 Å². The molecule has 1 aromatic heterocycles. The summed E-state index contributed by atoms with van der Waals surface area (Å²) >= 11 is 0. The summed E-state index contributed by atoms with van der Waals surface area (Å²) < 4.78 is 11.3. The quantitative estimate of drug-likeness (QED) is 0.615. The van der Waals surface area contributed by atoms with Gasteiger partial charge < -0.3 is 19.8 Å². The molecule has 5 heteroatoms. The van der Waals surface area contributed by atoms with Gasteiger partial charge in [0.25, 0.3) is 0 Å². The first-order valence-corrected chi connectivity index (χ1v) is 8.48. The Bertz CT molecular complexity index is 766. The van der Waals surface area contributed by atoms with Crippen LogP contribution >= 0.6 is 0 Å². The molecule has 0 radical (unpaired) electrons. The number of rotatable bonds is 8. The Morgan fingerprint density at radius 2 is 1.72 bits per heavy atom. The van der Waals surface area contributed by atoms with E-state index in [1.807, 2.05) is 54.6 Å². The summed E-state index contributed by atoms with van der Waals surface area (Å²) in [5, 5.41) is 6.73. The molecule has 130 valence electrons. The van der Waals surface area contributed by atoms with E-state index in [1.165, 1.54) is 0 Å². The van der Waals surface area contributed by atoms with Crippen molar-refractivity contribution >= 4 is 17.0 Å². The van der Waals surface area contributed by atoms with Gasteiger partial charge in [0.15, 0.2) is 0 Å². The van der Waals surface area contributed by atoms with Crippen LogP contribution in [0, 0.1) is 0 Å². The third-order valence-corrected chi connectivity index (χ3v) is 3.76. The van der Waals surface area contributed by atoms with Crippen molar-refractivity contribution in [2.24, 2.45) is 0 Å². The molecular weight excluding hydrogens is 316 g/mol. The number of para-hydroxylation sites is 2. The number of ether oxygens (including phenoxy) is 1. The highest BCUT2D eigenvalue weighted by Gasteiger charge is 2.04. The van der Waals surface area contributed by atoms with Gasteiger partial charge in [-0.05, 0) is 30.7 Å². The fourth-order valence-corrected chi connectivity index (χ4v) is 2.54. The van der Waals surface area contributed by atoms with Gasteiger partial charge in [-0.2, -0.15) is 0 Å². The van der Waals surface area contributed by atoms with Crippen molar-refractivity contribution in [2.75, 3.05) is 19.7 Å². The smallest absolute Gasteiger partial charge is 0.314 e. The zero-order valence-corrected chi connectivity index (χ0v) is 14.0. The number of carbonyl (C=O) groups excluding carboxylic acids is 1. The molecule has 0 unspecified atom stereocenters. The molecule has 0 aliphatic rings. The number of aryl methyl sites for hydroxylation is 1. The fraction of sp³-hybridized carbons (Fsp3) is 0.250. The van der Waals surface area contributed by atoms with Gasteiger partial charge in [-0.25, -0.2) is 4.79 Å². The van der Waals surface area contributed by atoms with Gasteiger partial charge in [-0.1, -0.05) is 36.4 Å². The van der Waals surface area contributed by atoms with Crippen molar-refractivity contribution in [3.05, 3.63) is 66.4 Å². The molecule has 0 fully saturated rings. The van der Waals surface area contributed by atoms with Crippen LogP contribution in [0.15, 0.2) is 65.1 Å². The van der Waals surface area contributed by atoms with Crippen LogP contribution in [0.4, 0.5) is 4.79 Å². The Hall–Kier alpha value is -2.95. The van der Waals surface area contributed by atoms with Crippen LogP contribution in [-0.2, 0) is 6.42 Å². The van der Waals surface area contributed by atoms with E-state index in [0.29, 0.717) is 19.7 Å². The summed E-state index contributed by atoms with van der Waals surface area (Å²) in [5.41, 5.74) is 0.904. The number of hydrogen-bond donors (Lipinski definition) is 2. The Labute approximate surface area is 147 Å². The highest BCUT2D eigenvalue weighted by Crippen LogP contribution is 2.19. The second-order valence-electron chi connectivity index (χ2n) is 5.70. The molecule has 0 atom stereocenters. The monoisotopic (exact) mass is 338 g/mol. The summed E-state index contributed by atoms with van der Waals surface area (Å²) in [6, 6.07) is 19.4. The molecule has 3 aromatic rings. The molecule has 0 aliphatic carbocycles. The molecule has 2 N–H and O–H groups in total. The maximum Gasteiger partial charge on any atom is 0.314 e. The first-order chi connectivity index (χ1) is 12.3. The number of urea groups is 1. The molecule has 3 rings (SSSR count). The van der Waals surface area contributed by atoms with Crippen LogP contribution in [0.25, 0.3) is 11.0 Å². The summed E-state index contributed by atoms with van der Waals surface area (Å²) in [4.78, 5) is 11.7. The van der Waals surface area contributed by atoms with E-state index in [0.717, 1.165) is 35.3 Å². The summed E-state index contributed by atoms with van der Waals surface area (Å²) in [6.45, 7) is 1.50. The van der Waals surface area contributed by atoms with Crippen LogP contribution in [0.5, 0.6) is 5.75 Å². The van der Waals surface area contributed by atoms with Crippen LogP contribution in [-0.4, -0.2) is 25.7 Å². The van der Waals surface area contributed by atoms with Gasteiger partial charge in [0.05, 0.1) is 6.54 Å². The molecule has 2 amide bonds. The normalized spacial score (nSPS) is 10.6. The number of benzene rings is 2. The number of fused-ring (bicyclic) bond motifs is 1. The Morgan fingerprint density at radius 1 is 0.960 bits per heavy atom. The predicted molar refractivity (Wildman–Crippen MR) is 97.9 cm³/mol. The standard InChI is InChI=1S/C20H22N2O3/c23-20(22-13-14-24-17-8-2-1-3-9-17)21-12-6-10-18-15-16-7-4-5-11-19(16)25-18/h1-5,7-9,11,15H,6,10,12-14H2,(H2,21,22,23). The van der Waals surface area contributed by atoms with Crippen molar-refractivity contribution in [1.82, 2.24) is 10.6 Å². The summed E-state index contributed by atoms with van der Waals surface area (Å²) in [5.74, 6) is 1.75. The maximum atomic E-state index is 11.7. The maximum absolute atomic E-state index is 11.7. The lowest BCUT2D eigenvalue weighted by atomic mass is 10.2. The fourth-order valence-electron chi connectivity index (χ4n) is 2.54. The Kier molecular flexibility index (Phi) is 5.93. The first-order valence-electron chi connectivity index (χ1n) is 8.48. The molecule has 0 saturated heterocycles. The number of nitrogens with one attached hydrogen (secondary N) is 2. The molecular formula is C20H22N2O3. The largest absolute Gasteiger partial charge is 0.492 e. The number of furan rings is 1. The lowest BCUT2D eigenvalue weighted by Gasteiger charge is -2.08. The van der Waals surface area contributed by atoms with E-state index in [2.05, 4.69) is 16.7 Å². The summed E-state index contributed by atoms with van der Waals surface area (Å²) in [6.07, 6.45) is 1.62. The van der Waals surface area contributed by atoms with Crippen molar-refractivity contribution in [1.29, 1.82) is 0 Å². The minimum Gasteiger partial charge on any atom is -0.492 e. The van der Waals surface area contributed by atoms with Crippen molar-refractivity contribution < 1.29 is 13.9 Å². The molecule has 1 heterocycles. The third kappa shape index (κ3) is 5.28. The van der Waals surface area contributed by atoms with Gasteiger partial charge in [0.1, 0.15) is 23.7 Å². The minimum atomic E-state index is -0.179. The second-order valence-corrected chi connectivity index (χ2v) is 5.70. The van der Waals surface area contributed by atoms with Crippen LogP contribution in [0.3, 0.4) is 0 Å². The average molecular weight is 338 g/mol. The molecule has 25 heavy (non-hydrogen) atoms. The topological polar surface area (TPSA) is 63.5 Å². The Balaban J connectivity index is 1.27. The lowest BCUT2D eigenvalue weighted by molar-refractivity contribution is 0.236. The average Bonchev–Trinajstić information content (AvgIpc) is 3.06. The van der Waals surface area contributed by atoms with Gasteiger partial charge in [0.2, 0.25) is 0 Å². The van der Waals surface area contributed by atoms with Gasteiger partial charge in [-0.15, -0.1) is 0 Å². The molecule has 0 aliphatic heterocycles. The molecule has 0 bridgehead atoms. The van der Waals surface area contributed by atoms with E-state index in [1.54, 1.807) is 0 Å². The highest BCUT2D eigenvalue weighted by atomic mass is 16.5. The molecule has 0 spiro atoms. The van der Waals surface area contributed by atoms with Gasteiger partial charge >= 0.3 is 6.03 Å². The van der Waals surface area contributed by atoms with Gasteiger partial charge in [0, 0.05) is 18.4 Å². The van der Waals surface area contributed by atoms with Crippen LogP contribution < -0.4 is 15.4 Å². The zero-order chi connectivity index (χ0) is 17.3. The number of hydrogen-bond acceptors (Lipinski definition) is 3. The molecule has 2 aromatic carbocycles. The van der Waals surface area contributed by atoms with Crippen LogP contribution in [0.1, 0.15) is 12.2 Å².